The van der Waals surface area contributed by atoms with Gasteiger partial charge in [0.25, 0.3) is 0 Å². The Labute approximate surface area is 213 Å². The van der Waals surface area contributed by atoms with Gasteiger partial charge in [0.2, 0.25) is 15.9 Å². The van der Waals surface area contributed by atoms with E-state index in [0.717, 1.165) is 5.56 Å². The number of hydrogen-bond acceptors (Lipinski definition) is 7. The van der Waals surface area contributed by atoms with Crippen molar-refractivity contribution in [3.8, 4) is 17.6 Å². The van der Waals surface area contributed by atoms with Crippen LogP contribution in [0.1, 0.15) is 25.0 Å². The number of carbonyl (C=O) groups is 1. The van der Waals surface area contributed by atoms with Crippen molar-refractivity contribution in [2.45, 2.75) is 30.9 Å². The molecule has 1 aromatic carbocycles. The predicted octanol–water partition coefficient (Wildman–Crippen LogP) is 1.27. The number of aliphatic hydroxyl groups excluding tert-OH is 1. The zero-order valence-electron chi connectivity index (χ0n) is 21.4. The van der Waals surface area contributed by atoms with Gasteiger partial charge < -0.3 is 19.6 Å². The summed E-state index contributed by atoms with van der Waals surface area (Å²) < 4.78 is 34.8. The molecule has 36 heavy (non-hydrogen) atoms. The van der Waals surface area contributed by atoms with Crippen molar-refractivity contribution < 1.29 is 23.1 Å². The van der Waals surface area contributed by atoms with Crippen molar-refractivity contribution in [3.63, 3.8) is 0 Å². The number of pyridine rings is 1. The number of likely N-dealkylation sites (N-methyl/N-ethyl adjacent to an activating group) is 2. The van der Waals surface area contributed by atoms with Crippen LogP contribution in [0.4, 0.5) is 0 Å². The number of ether oxygens (including phenoxy) is 1. The van der Waals surface area contributed by atoms with Gasteiger partial charge in [-0.1, -0.05) is 18.8 Å². The summed E-state index contributed by atoms with van der Waals surface area (Å²) in [6.45, 7) is 3.92. The van der Waals surface area contributed by atoms with E-state index in [9.17, 15) is 18.3 Å². The summed E-state index contributed by atoms with van der Waals surface area (Å²) in [6.07, 6.45) is 2.83. The van der Waals surface area contributed by atoms with Gasteiger partial charge >= 0.3 is 0 Å². The minimum atomic E-state index is -3.95. The van der Waals surface area contributed by atoms with Gasteiger partial charge in [-0.25, -0.2) is 8.42 Å². The first-order valence-corrected chi connectivity index (χ1v) is 13.2. The molecule has 1 amide bonds. The molecule has 0 saturated carbocycles. The van der Waals surface area contributed by atoms with Gasteiger partial charge in [-0.3, -0.25) is 9.78 Å². The summed E-state index contributed by atoms with van der Waals surface area (Å²) in [6, 6.07) is 7.74. The number of rotatable bonds is 6. The minimum absolute atomic E-state index is 0.00824. The fourth-order valence-corrected chi connectivity index (χ4v) is 5.69. The van der Waals surface area contributed by atoms with E-state index in [1.807, 2.05) is 27.1 Å². The molecule has 194 valence electrons. The highest BCUT2D eigenvalue weighted by atomic mass is 32.2. The Morgan fingerprint density at radius 2 is 1.97 bits per heavy atom. The highest BCUT2D eigenvalue weighted by Gasteiger charge is 2.38. The minimum Gasteiger partial charge on any atom is -0.487 e. The number of aliphatic hydroxyl groups is 1. The van der Waals surface area contributed by atoms with E-state index in [1.165, 1.54) is 10.4 Å². The van der Waals surface area contributed by atoms with Crippen LogP contribution in [-0.2, 0) is 14.8 Å². The van der Waals surface area contributed by atoms with Crippen LogP contribution in [0.25, 0.3) is 0 Å². The monoisotopic (exact) mass is 514 g/mol. The summed E-state index contributed by atoms with van der Waals surface area (Å²) in [5.74, 6) is 5.90. The Morgan fingerprint density at radius 1 is 1.25 bits per heavy atom. The first kappa shape index (κ1) is 27.6. The lowest BCUT2D eigenvalue weighted by Gasteiger charge is -2.37. The molecule has 1 aliphatic rings. The zero-order chi connectivity index (χ0) is 26.5. The van der Waals surface area contributed by atoms with Gasteiger partial charge in [-0.2, -0.15) is 4.31 Å². The number of carbonyl (C=O) groups excluding carboxylic acids is 1. The van der Waals surface area contributed by atoms with Gasteiger partial charge in [0.1, 0.15) is 16.7 Å². The molecule has 1 aromatic heterocycles. The normalized spacial score (nSPS) is 20.2. The average molecular weight is 515 g/mol. The molecule has 0 unspecified atom stereocenters. The summed E-state index contributed by atoms with van der Waals surface area (Å²) >= 11 is 0. The van der Waals surface area contributed by atoms with Crippen LogP contribution in [0.15, 0.2) is 47.6 Å². The molecule has 3 atom stereocenters. The lowest BCUT2D eigenvalue weighted by molar-refractivity contribution is -0.132. The van der Waals surface area contributed by atoms with Gasteiger partial charge in [0, 0.05) is 49.1 Å². The number of aromatic nitrogens is 1. The van der Waals surface area contributed by atoms with Crippen molar-refractivity contribution >= 4 is 15.9 Å². The van der Waals surface area contributed by atoms with Crippen LogP contribution in [0, 0.1) is 17.8 Å². The quantitative estimate of drug-likeness (QED) is 0.579. The van der Waals surface area contributed by atoms with Crippen LogP contribution in [0.3, 0.4) is 0 Å². The molecular weight excluding hydrogens is 480 g/mol. The van der Waals surface area contributed by atoms with Crippen molar-refractivity contribution in [1.82, 2.24) is 19.1 Å². The maximum absolute atomic E-state index is 13.6. The van der Waals surface area contributed by atoms with Crippen LogP contribution < -0.4 is 4.74 Å². The molecule has 1 N–H and O–H groups in total. The third kappa shape index (κ3) is 6.62. The topological polar surface area (TPSA) is 103 Å². The molecule has 0 saturated heterocycles. The highest BCUT2D eigenvalue weighted by molar-refractivity contribution is 7.89. The Kier molecular flexibility index (Phi) is 9.08. The smallest absolute Gasteiger partial charge is 0.247 e. The third-order valence-corrected chi connectivity index (χ3v) is 8.03. The van der Waals surface area contributed by atoms with E-state index in [2.05, 4.69) is 16.8 Å². The highest BCUT2D eigenvalue weighted by Crippen LogP contribution is 2.34. The molecule has 0 fully saturated rings. The molecule has 3 rings (SSSR count). The van der Waals surface area contributed by atoms with E-state index < -0.39 is 22.2 Å². The number of sulfonamides is 1. The Balaban J connectivity index is 2.03. The molecule has 0 bridgehead atoms. The van der Waals surface area contributed by atoms with Gasteiger partial charge in [-0.15, -0.1) is 0 Å². The molecule has 0 spiro atoms. The maximum Gasteiger partial charge on any atom is 0.247 e. The predicted molar refractivity (Wildman–Crippen MR) is 137 cm³/mol. The third-order valence-electron chi connectivity index (χ3n) is 6.01. The fourth-order valence-electron chi connectivity index (χ4n) is 3.87. The van der Waals surface area contributed by atoms with Crippen LogP contribution >= 0.6 is 0 Å². The lowest BCUT2D eigenvalue weighted by atomic mass is 10.0. The Bertz CT molecular complexity index is 1220. The number of amides is 1. The first-order chi connectivity index (χ1) is 17.0. The van der Waals surface area contributed by atoms with Crippen molar-refractivity contribution in [2.75, 3.05) is 47.4 Å². The van der Waals surface area contributed by atoms with Crippen molar-refractivity contribution in [2.24, 2.45) is 5.92 Å². The molecule has 10 heteroatoms. The first-order valence-electron chi connectivity index (χ1n) is 11.8. The molecule has 2 aromatic rings. The zero-order valence-corrected chi connectivity index (χ0v) is 22.2. The Hall–Kier alpha value is -2.97. The second-order valence-corrected chi connectivity index (χ2v) is 11.3. The van der Waals surface area contributed by atoms with E-state index in [4.69, 9.17) is 4.74 Å². The molecule has 1 aliphatic heterocycles. The SMILES string of the molecule is C[C@@H]1CN([C@@H](C)CO)S(=O)(=O)c2ccc(C#Cc3cccnc3)cc2O[C@H]1CN(C)C(=O)CN(C)C. The fraction of sp³-hybridized carbons (Fsp3) is 0.462. The largest absolute Gasteiger partial charge is 0.487 e. The Morgan fingerprint density at radius 3 is 2.61 bits per heavy atom. The van der Waals surface area contributed by atoms with Gasteiger partial charge in [0.05, 0.1) is 19.7 Å². The number of benzene rings is 1. The van der Waals surface area contributed by atoms with E-state index in [1.54, 1.807) is 54.4 Å². The summed E-state index contributed by atoms with van der Waals surface area (Å²) in [5, 5.41) is 9.79. The van der Waals surface area contributed by atoms with Crippen LogP contribution in [0.5, 0.6) is 5.75 Å². The molecular formula is C26H34N4O5S. The lowest BCUT2D eigenvalue weighted by Crippen LogP contribution is -2.50. The van der Waals surface area contributed by atoms with Crippen LogP contribution in [0.2, 0.25) is 0 Å². The van der Waals surface area contributed by atoms with Gasteiger partial charge in [0.15, 0.2) is 0 Å². The number of hydrogen-bond donors (Lipinski definition) is 1. The van der Waals surface area contributed by atoms with Crippen LogP contribution in [-0.4, -0.2) is 98.1 Å². The summed E-state index contributed by atoms with van der Waals surface area (Å²) in [4.78, 5) is 20.0. The van der Waals surface area contributed by atoms with Gasteiger partial charge in [-0.05, 0) is 51.4 Å². The summed E-state index contributed by atoms with van der Waals surface area (Å²) in [5.41, 5.74) is 1.31. The van der Waals surface area contributed by atoms with E-state index >= 15 is 0 Å². The van der Waals surface area contributed by atoms with Crippen molar-refractivity contribution in [1.29, 1.82) is 0 Å². The molecule has 9 nitrogen and oxygen atoms in total. The maximum atomic E-state index is 13.6. The van der Waals surface area contributed by atoms with E-state index in [0.29, 0.717) is 5.56 Å². The van der Waals surface area contributed by atoms with E-state index in [-0.39, 0.29) is 48.7 Å². The molecule has 0 radical (unpaired) electrons. The van der Waals surface area contributed by atoms with Crippen molar-refractivity contribution in [3.05, 3.63) is 53.9 Å². The number of fused-ring (bicyclic) bond motifs is 1. The molecule has 2 heterocycles. The number of nitrogens with zero attached hydrogens (tertiary/aromatic N) is 4. The average Bonchev–Trinajstić information content (AvgIpc) is 2.84. The summed E-state index contributed by atoms with van der Waals surface area (Å²) in [7, 11) is 1.41. The standard InChI is InChI=1S/C26H34N4O5S/c1-19-15-30(20(2)18-31)36(33,34)25-11-10-21(8-9-22-7-6-12-27-14-22)13-23(25)35-24(19)16-29(5)26(32)17-28(3)4/h6-7,10-14,19-20,24,31H,15-18H2,1-5H3/t19-,20+,24+/m1/s1. The second-order valence-electron chi connectivity index (χ2n) is 9.41. The second kappa shape index (κ2) is 11.8. The molecule has 0 aliphatic carbocycles.